The minimum atomic E-state index is -0.520. The molecule has 0 unspecified atom stereocenters. The molecule has 0 bridgehead atoms. The van der Waals surface area contributed by atoms with E-state index in [0.717, 1.165) is 5.56 Å². The SMILES string of the molecule is CCOC(=O)Nc1cc(C)c(N)cc1N. The molecular formula is C10H15N3O2. The van der Waals surface area contributed by atoms with Crippen LogP contribution in [0, 0.1) is 6.92 Å². The summed E-state index contributed by atoms with van der Waals surface area (Å²) in [6.07, 6.45) is -0.520. The second kappa shape index (κ2) is 4.54. The molecule has 5 heteroatoms. The number of hydrogen-bond donors (Lipinski definition) is 3. The number of hydrogen-bond acceptors (Lipinski definition) is 4. The van der Waals surface area contributed by atoms with Gasteiger partial charge in [-0.1, -0.05) is 0 Å². The maximum atomic E-state index is 11.1. The number of nitrogens with one attached hydrogen (secondary N) is 1. The lowest BCUT2D eigenvalue weighted by molar-refractivity contribution is 0.168. The van der Waals surface area contributed by atoms with E-state index in [9.17, 15) is 4.79 Å². The lowest BCUT2D eigenvalue weighted by atomic mass is 10.1. The van der Waals surface area contributed by atoms with E-state index in [1.54, 1.807) is 19.1 Å². The third kappa shape index (κ3) is 2.77. The van der Waals surface area contributed by atoms with Gasteiger partial charge in [-0.05, 0) is 31.5 Å². The smallest absolute Gasteiger partial charge is 0.411 e. The van der Waals surface area contributed by atoms with Gasteiger partial charge in [-0.25, -0.2) is 4.79 Å². The van der Waals surface area contributed by atoms with Gasteiger partial charge >= 0.3 is 6.09 Å². The van der Waals surface area contributed by atoms with Crippen molar-refractivity contribution in [3.05, 3.63) is 17.7 Å². The van der Waals surface area contributed by atoms with Crippen LogP contribution in [0.15, 0.2) is 12.1 Å². The number of aryl methyl sites for hydroxylation is 1. The third-order valence-corrected chi connectivity index (χ3v) is 1.95. The van der Waals surface area contributed by atoms with Crippen molar-refractivity contribution in [2.24, 2.45) is 0 Å². The summed E-state index contributed by atoms with van der Waals surface area (Å²) in [6.45, 7) is 3.89. The number of rotatable bonds is 2. The highest BCUT2D eigenvalue weighted by molar-refractivity contribution is 5.90. The maximum Gasteiger partial charge on any atom is 0.411 e. The van der Waals surface area contributed by atoms with Crippen LogP contribution in [-0.2, 0) is 4.74 Å². The fourth-order valence-corrected chi connectivity index (χ4v) is 1.13. The van der Waals surface area contributed by atoms with Crippen molar-refractivity contribution in [3.63, 3.8) is 0 Å². The Labute approximate surface area is 88.4 Å². The average Bonchev–Trinajstić information content (AvgIpc) is 2.14. The lowest BCUT2D eigenvalue weighted by Gasteiger charge is -2.10. The van der Waals surface area contributed by atoms with Gasteiger partial charge in [0.25, 0.3) is 0 Å². The van der Waals surface area contributed by atoms with E-state index in [-0.39, 0.29) is 0 Å². The molecule has 1 amide bonds. The van der Waals surface area contributed by atoms with Gasteiger partial charge in [0, 0.05) is 5.69 Å². The van der Waals surface area contributed by atoms with Crippen LogP contribution in [-0.4, -0.2) is 12.7 Å². The lowest BCUT2D eigenvalue weighted by Crippen LogP contribution is -2.14. The quantitative estimate of drug-likeness (QED) is 0.647. The zero-order valence-electron chi connectivity index (χ0n) is 8.83. The molecule has 1 rings (SSSR count). The molecule has 0 aromatic heterocycles. The molecule has 15 heavy (non-hydrogen) atoms. The van der Waals surface area contributed by atoms with E-state index in [0.29, 0.717) is 23.7 Å². The summed E-state index contributed by atoms with van der Waals surface area (Å²) in [7, 11) is 0. The largest absolute Gasteiger partial charge is 0.450 e. The first kappa shape index (κ1) is 11.2. The van der Waals surface area contributed by atoms with Gasteiger partial charge in [-0.2, -0.15) is 0 Å². The Morgan fingerprint density at radius 3 is 2.67 bits per heavy atom. The fourth-order valence-electron chi connectivity index (χ4n) is 1.13. The zero-order valence-corrected chi connectivity index (χ0v) is 8.83. The molecule has 0 fully saturated rings. The van der Waals surface area contributed by atoms with Crippen LogP contribution in [0.1, 0.15) is 12.5 Å². The third-order valence-electron chi connectivity index (χ3n) is 1.95. The number of nitrogens with two attached hydrogens (primary N) is 2. The Hall–Kier alpha value is -1.91. The number of benzene rings is 1. The van der Waals surface area contributed by atoms with Crippen molar-refractivity contribution < 1.29 is 9.53 Å². The summed E-state index contributed by atoms with van der Waals surface area (Å²) in [6, 6.07) is 3.32. The van der Waals surface area contributed by atoms with Gasteiger partial charge in [0.05, 0.1) is 18.0 Å². The number of carbonyl (C=O) groups is 1. The van der Waals surface area contributed by atoms with Crippen LogP contribution < -0.4 is 16.8 Å². The molecule has 5 nitrogen and oxygen atoms in total. The predicted octanol–water partition coefficient (Wildman–Crippen LogP) is 1.73. The Balaban J connectivity index is 2.86. The molecule has 0 aliphatic carbocycles. The van der Waals surface area contributed by atoms with Crippen LogP contribution in [0.5, 0.6) is 0 Å². The number of ether oxygens (including phenoxy) is 1. The number of carbonyl (C=O) groups excluding carboxylic acids is 1. The molecular weight excluding hydrogens is 194 g/mol. The number of nitrogen functional groups attached to an aromatic ring is 2. The van der Waals surface area contributed by atoms with E-state index in [1.165, 1.54) is 0 Å². The summed E-state index contributed by atoms with van der Waals surface area (Å²) in [4.78, 5) is 11.1. The molecule has 0 heterocycles. The Kier molecular flexibility index (Phi) is 3.38. The predicted molar refractivity (Wildman–Crippen MR) is 60.6 cm³/mol. The average molecular weight is 209 g/mol. The summed E-state index contributed by atoms with van der Waals surface area (Å²) in [5.41, 5.74) is 13.7. The highest BCUT2D eigenvalue weighted by atomic mass is 16.5. The topological polar surface area (TPSA) is 90.4 Å². The maximum absolute atomic E-state index is 11.1. The summed E-state index contributed by atoms with van der Waals surface area (Å²) >= 11 is 0. The molecule has 0 aliphatic heterocycles. The molecule has 0 radical (unpaired) electrons. The monoisotopic (exact) mass is 209 g/mol. The van der Waals surface area contributed by atoms with E-state index >= 15 is 0 Å². The van der Waals surface area contributed by atoms with Crippen LogP contribution in [0.4, 0.5) is 21.9 Å². The molecule has 0 spiro atoms. The van der Waals surface area contributed by atoms with E-state index in [4.69, 9.17) is 16.2 Å². The van der Waals surface area contributed by atoms with Crippen molar-refractivity contribution in [2.75, 3.05) is 23.4 Å². The van der Waals surface area contributed by atoms with Crippen LogP contribution in [0.2, 0.25) is 0 Å². The molecule has 5 N–H and O–H groups in total. The molecule has 82 valence electrons. The number of amides is 1. The van der Waals surface area contributed by atoms with E-state index < -0.39 is 6.09 Å². The van der Waals surface area contributed by atoms with Gasteiger partial charge in [0.15, 0.2) is 0 Å². The summed E-state index contributed by atoms with van der Waals surface area (Å²) in [5.74, 6) is 0. The standard InChI is InChI=1S/C10H15N3O2/c1-3-15-10(14)13-9-4-6(2)7(11)5-8(9)12/h4-5H,3,11-12H2,1-2H3,(H,13,14). The van der Waals surface area contributed by atoms with Crippen LogP contribution >= 0.6 is 0 Å². The molecule has 1 aromatic carbocycles. The van der Waals surface area contributed by atoms with Gasteiger partial charge in [0.1, 0.15) is 0 Å². The Bertz CT molecular complexity index is 377. The highest BCUT2D eigenvalue weighted by Crippen LogP contribution is 2.24. The van der Waals surface area contributed by atoms with Crippen molar-refractivity contribution in [2.45, 2.75) is 13.8 Å². The van der Waals surface area contributed by atoms with E-state index in [2.05, 4.69) is 5.32 Å². The van der Waals surface area contributed by atoms with Crippen molar-refractivity contribution >= 4 is 23.2 Å². The Morgan fingerprint density at radius 2 is 2.07 bits per heavy atom. The molecule has 0 saturated heterocycles. The molecule has 0 saturated carbocycles. The zero-order chi connectivity index (χ0) is 11.4. The highest BCUT2D eigenvalue weighted by Gasteiger charge is 2.07. The fraction of sp³-hybridized carbons (Fsp3) is 0.300. The normalized spacial score (nSPS) is 9.73. The van der Waals surface area contributed by atoms with Crippen molar-refractivity contribution in [3.8, 4) is 0 Å². The first-order valence-corrected chi connectivity index (χ1v) is 4.64. The molecule has 0 atom stereocenters. The first-order chi connectivity index (χ1) is 7.04. The summed E-state index contributed by atoms with van der Waals surface area (Å²) < 4.78 is 4.73. The van der Waals surface area contributed by atoms with Gasteiger partial charge in [-0.15, -0.1) is 0 Å². The minimum absolute atomic E-state index is 0.319. The number of anilines is 3. The van der Waals surface area contributed by atoms with Gasteiger partial charge < -0.3 is 16.2 Å². The van der Waals surface area contributed by atoms with Crippen molar-refractivity contribution in [1.82, 2.24) is 0 Å². The van der Waals surface area contributed by atoms with Crippen LogP contribution in [0.3, 0.4) is 0 Å². The van der Waals surface area contributed by atoms with Crippen molar-refractivity contribution in [1.29, 1.82) is 0 Å². The first-order valence-electron chi connectivity index (χ1n) is 4.64. The molecule has 0 aliphatic rings. The second-order valence-electron chi connectivity index (χ2n) is 3.14. The Morgan fingerprint density at radius 1 is 1.40 bits per heavy atom. The van der Waals surface area contributed by atoms with Crippen LogP contribution in [0.25, 0.3) is 0 Å². The minimum Gasteiger partial charge on any atom is -0.450 e. The van der Waals surface area contributed by atoms with E-state index in [1.807, 2.05) is 6.92 Å². The van der Waals surface area contributed by atoms with Gasteiger partial charge in [0.2, 0.25) is 0 Å². The summed E-state index contributed by atoms with van der Waals surface area (Å²) in [5, 5.41) is 2.54. The van der Waals surface area contributed by atoms with Gasteiger partial charge in [-0.3, -0.25) is 5.32 Å². The molecule has 1 aromatic rings. The second-order valence-corrected chi connectivity index (χ2v) is 3.14.